The van der Waals surface area contributed by atoms with Gasteiger partial charge in [0.05, 0.1) is 12.8 Å². The third-order valence-electron chi connectivity index (χ3n) is 3.24. The van der Waals surface area contributed by atoms with Crippen LogP contribution in [0.4, 0.5) is 0 Å². The second-order valence-corrected chi connectivity index (χ2v) is 5.98. The maximum absolute atomic E-state index is 5.86. The largest absolute Gasteiger partial charge is 0.441 e. The highest BCUT2D eigenvalue weighted by Crippen LogP contribution is 2.28. The minimum absolute atomic E-state index is 0.745. The number of ether oxygens (including phenoxy) is 1. The van der Waals surface area contributed by atoms with Crippen LogP contribution < -0.4 is 5.32 Å². The third kappa shape index (κ3) is 4.79. The molecule has 0 aliphatic carbocycles. The summed E-state index contributed by atoms with van der Waals surface area (Å²) in [6.45, 7) is 4.68. The highest BCUT2D eigenvalue weighted by Gasteiger charge is 2.10. The van der Waals surface area contributed by atoms with Crippen LogP contribution >= 0.6 is 22.6 Å². The molecule has 1 aromatic carbocycles. The monoisotopic (exact) mass is 400 g/mol. The zero-order chi connectivity index (χ0) is 15.1. The second kappa shape index (κ2) is 8.51. The van der Waals surface area contributed by atoms with Crippen molar-refractivity contribution in [2.45, 2.75) is 19.8 Å². The molecule has 0 aliphatic rings. The summed E-state index contributed by atoms with van der Waals surface area (Å²) in [5.41, 5.74) is 2.38. The Balaban J connectivity index is 1.88. The van der Waals surface area contributed by atoms with Crippen molar-refractivity contribution in [3.8, 4) is 11.3 Å². The standard InChI is InChI=1S/C16H21IN2O2/c1-12-5-3-6-13(16(12)17)14-11-19-15(21-14)7-4-8-18-9-10-20-2/h3,5-6,11,18H,4,7-10H2,1-2H3. The number of aromatic nitrogens is 1. The fraction of sp³-hybridized carbons (Fsp3) is 0.438. The average Bonchev–Trinajstić information content (AvgIpc) is 2.94. The van der Waals surface area contributed by atoms with Gasteiger partial charge in [-0.3, -0.25) is 0 Å². The molecule has 0 atom stereocenters. The minimum atomic E-state index is 0.745. The molecular weight excluding hydrogens is 379 g/mol. The Kier molecular flexibility index (Phi) is 6.66. The predicted octanol–water partition coefficient (Wildman–Crippen LogP) is 3.42. The van der Waals surface area contributed by atoms with Gasteiger partial charge in [-0.05, 0) is 48.0 Å². The maximum Gasteiger partial charge on any atom is 0.194 e. The lowest BCUT2D eigenvalue weighted by atomic mass is 10.1. The summed E-state index contributed by atoms with van der Waals surface area (Å²) in [5, 5.41) is 3.32. The first kappa shape index (κ1) is 16.5. The van der Waals surface area contributed by atoms with E-state index in [0.29, 0.717) is 0 Å². The van der Waals surface area contributed by atoms with Crippen LogP contribution in [0.25, 0.3) is 11.3 Å². The predicted molar refractivity (Wildman–Crippen MR) is 92.5 cm³/mol. The number of aryl methyl sites for hydroxylation is 2. The van der Waals surface area contributed by atoms with Crippen molar-refractivity contribution in [2.24, 2.45) is 0 Å². The van der Waals surface area contributed by atoms with Crippen LogP contribution in [-0.4, -0.2) is 31.8 Å². The number of nitrogens with zero attached hydrogens (tertiary/aromatic N) is 1. The molecular formula is C16H21IN2O2. The van der Waals surface area contributed by atoms with Gasteiger partial charge in [0.25, 0.3) is 0 Å². The van der Waals surface area contributed by atoms with Crippen LogP contribution in [-0.2, 0) is 11.2 Å². The Morgan fingerprint density at radius 3 is 3.00 bits per heavy atom. The Morgan fingerprint density at radius 1 is 1.33 bits per heavy atom. The molecule has 0 radical (unpaired) electrons. The van der Waals surface area contributed by atoms with Crippen LogP contribution in [0.2, 0.25) is 0 Å². The van der Waals surface area contributed by atoms with Crippen molar-refractivity contribution < 1.29 is 9.15 Å². The average molecular weight is 400 g/mol. The molecule has 0 saturated carbocycles. The molecule has 114 valence electrons. The molecule has 0 unspecified atom stereocenters. The fourth-order valence-corrected chi connectivity index (χ4v) is 2.68. The second-order valence-electron chi connectivity index (χ2n) is 4.90. The van der Waals surface area contributed by atoms with Gasteiger partial charge in [0, 0.05) is 29.2 Å². The van der Waals surface area contributed by atoms with E-state index in [1.54, 1.807) is 7.11 Å². The van der Waals surface area contributed by atoms with Crippen LogP contribution in [0.1, 0.15) is 17.9 Å². The normalized spacial score (nSPS) is 11.0. The highest BCUT2D eigenvalue weighted by atomic mass is 127. The fourth-order valence-electron chi connectivity index (χ4n) is 2.05. The molecule has 2 aromatic rings. The lowest BCUT2D eigenvalue weighted by Gasteiger charge is -2.04. The van der Waals surface area contributed by atoms with Crippen molar-refractivity contribution in [3.63, 3.8) is 0 Å². The summed E-state index contributed by atoms with van der Waals surface area (Å²) in [5.74, 6) is 1.65. The number of halogens is 1. The number of hydrogen-bond donors (Lipinski definition) is 1. The Labute approximate surface area is 139 Å². The summed E-state index contributed by atoms with van der Waals surface area (Å²) in [6.07, 6.45) is 3.68. The van der Waals surface area contributed by atoms with E-state index in [9.17, 15) is 0 Å². The van der Waals surface area contributed by atoms with E-state index >= 15 is 0 Å². The van der Waals surface area contributed by atoms with Gasteiger partial charge in [-0.25, -0.2) is 4.98 Å². The molecule has 4 nitrogen and oxygen atoms in total. The molecule has 5 heteroatoms. The lowest BCUT2D eigenvalue weighted by Crippen LogP contribution is -2.20. The van der Waals surface area contributed by atoms with Gasteiger partial charge < -0.3 is 14.5 Å². The molecule has 1 aromatic heterocycles. The van der Waals surface area contributed by atoms with Gasteiger partial charge in [0.2, 0.25) is 0 Å². The van der Waals surface area contributed by atoms with Crippen LogP contribution in [0.3, 0.4) is 0 Å². The summed E-state index contributed by atoms with van der Waals surface area (Å²) in [6, 6.07) is 6.23. The van der Waals surface area contributed by atoms with Crippen molar-refractivity contribution >= 4 is 22.6 Å². The molecule has 0 fully saturated rings. The minimum Gasteiger partial charge on any atom is -0.441 e. The van der Waals surface area contributed by atoms with Crippen molar-refractivity contribution in [3.05, 3.63) is 39.4 Å². The third-order valence-corrected chi connectivity index (χ3v) is 4.67. The van der Waals surface area contributed by atoms with E-state index in [0.717, 1.165) is 49.8 Å². The van der Waals surface area contributed by atoms with Gasteiger partial charge in [-0.2, -0.15) is 0 Å². The molecule has 21 heavy (non-hydrogen) atoms. The van der Waals surface area contributed by atoms with Crippen LogP contribution in [0, 0.1) is 10.5 Å². The quantitative estimate of drug-likeness (QED) is 0.545. The van der Waals surface area contributed by atoms with Gasteiger partial charge in [-0.15, -0.1) is 0 Å². The van der Waals surface area contributed by atoms with Gasteiger partial charge in [0.15, 0.2) is 11.7 Å². The number of rotatable bonds is 8. The van der Waals surface area contributed by atoms with E-state index in [1.807, 2.05) is 6.20 Å². The lowest BCUT2D eigenvalue weighted by molar-refractivity contribution is 0.199. The van der Waals surface area contributed by atoms with Crippen molar-refractivity contribution in [2.75, 3.05) is 26.8 Å². The molecule has 0 bridgehead atoms. The Morgan fingerprint density at radius 2 is 2.19 bits per heavy atom. The molecule has 0 aliphatic heterocycles. The van der Waals surface area contributed by atoms with E-state index in [4.69, 9.17) is 9.15 Å². The van der Waals surface area contributed by atoms with E-state index in [-0.39, 0.29) is 0 Å². The Hall–Kier alpha value is -0.920. The smallest absolute Gasteiger partial charge is 0.194 e. The first-order valence-corrected chi connectivity index (χ1v) is 8.20. The number of benzene rings is 1. The van der Waals surface area contributed by atoms with Crippen LogP contribution in [0.5, 0.6) is 0 Å². The van der Waals surface area contributed by atoms with Gasteiger partial charge in [0.1, 0.15) is 0 Å². The van der Waals surface area contributed by atoms with E-state index < -0.39 is 0 Å². The number of oxazole rings is 1. The summed E-state index contributed by atoms with van der Waals surface area (Å²) in [4.78, 5) is 4.37. The molecule has 0 spiro atoms. The SMILES string of the molecule is COCCNCCCc1ncc(-c2cccc(C)c2I)o1. The number of hydrogen-bond acceptors (Lipinski definition) is 4. The number of methoxy groups -OCH3 is 1. The summed E-state index contributed by atoms with van der Waals surface area (Å²) in [7, 11) is 1.71. The highest BCUT2D eigenvalue weighted by molar-refractivity contribution is 14.1. The van der Waals surface area contributed by atoms with Crippen molar-refractivity contribution in [1.82, 2.24) is 10.3 Å². The van der Waals surface area contributed by atoms with Crippen molar-refractivity contribution in [1.29, 1.82) is 0 Å². The molecule has 1 N–H and O–H groups in total. The first-order chi connectivity index (χ1) is 10.2. The summed E-state index contributed by atoms with van der Waals surface area (Å²) >= 11 is 2.36. The Bertz CT molecular complexity index is 569. The van der Waals surface area contributed by atoms with Gasteiger partial charge in [-0.1, -0.05) is 18.2 Å². The van der Waals surface area contributed by atoms with E-state index in [1.165, 1.54) is 9.13 Å². The maximum atomic E-state index is 5.86. The topological polar surface area (TPSA) is 47.3 Å². The number of nitrogens with one attached hydrogen (secondary N) is 1. The van der Waals surface area contributed by atoms with E-state index in [2.05, 4.69) is 58.0 Å². The molecule has 1 heterocycles. The van der Waals surface area contributed by atoms with Crippen LogP contribution in [0.15, 0.2) is 28.8 Å². The first-order valence-electron chi connectivity index (χ1n) is 7.12. The summed E-state index contributed by atoms with van der Waals surface area (Å²) < 4.78 is 12.1. The zero-order valence-electron chi connectivity index (χ0n) is 12.5. The molecule has 2 rings (SSSR count). The van der Waals surface area contributed by atoms with Gasteiger partial charge >= 0.3 is 0 Å². The zero-order valence-corrected chi connectivity index (χ0v) is 14.6. The molecule has 0 amide bonds. The molecule has 0 saturated heterocycles.